The Morgan fingerprint density at radius 3 is 0.528 bits per heavy atom. The number of phenols is 3. The number of aromatic hydroxyl groups is 3. The van der Waals surface area contributed by atoms with Crippen LogP contribution in [0.5, 0.6) is 17.2 Å². The molecule has 3 nitrogen and oxygen atoms in total. The fraction of sp³-hybridized carbons (Fsp3) is 0.160. The van der Waals surface area contributed by atoms with Crippen molar-refractivity contribution < 1.29 is 15.3 Å². The summed E-state index contributed by atoms with van der Waals surface area (Å²) >= 11 is 0. The zero-order valence-corrected chi connectivity index (χ0v) is 31.6. The number of phenolic OH excluding ortho intramolecular Hbond substituents is 3. The fourth-order valence-corrected chi connectivity index (χ4v) is 5.02. The highest BCUT2D eigenvalue weighted by Gasteiger charge is 1.99. The molecule has 0 aromatic heterocycles. The number of para-hydroxylation sites is 3. The van der Waals surface area contributed by atoms with Crippen LogP contribution in [0.15, 0.2) is 188 Å². The second-order valence-corrected chi connectivity index (χ2v) is 12.2. The first-order chi connectivity index (χ1) is 25.8. The Labute approximate surface area is 317 Å². The topological polar surface area (TPSA) is 60.7 Å². The highest BCUT2D eigenvalue weighted by molar-refractivity contribution is 5.64. The third-order valence-corrected chi connectivity index (χ3v) is 8.38. The average Bonchev–Trinajstić information content (AvgIpc) is 3.23. The molecule has 3 N–H and O–H groups in total. The first-order valence-electron chi connectivity index (χ1n) is 18.4. The minimum atomic E-state index is 0.322. The van der Waals surface area contributed by atoms with Crippen molar-refractivity contribution in [1.29, 1.82) is 0 Å². The number of rotatable bonds is 6. The van der Waals surface area contributed by atoms with E-state index in [1.807, 2.05) is 18.2 Å². The molecule has 0 spiro atoms. The van der Waals surface area contributed by atoms with E-state index in [1.165, 1.54) is 44.5 Å². The Morgan fingerprint density at radius 1 is 0.245 bits per heavy atom. The Hall–Kier alpha value is -6.06. The van der Waals surface area contributed by atoms with E-state index in [-0.39, 0.29) is 0 Å². The lowest BCUT2D eigenvalue weighted by molar-refractivity contribution is 0.475. The molecule has 7 rings (SSSR count). The summed E-state index contributed by atoms with van der Waals surface area (Å²) in [6.45, 7) is 8.74. The highest BCUT2D eigenvalue weighted by atomic mass is 16.3. The quantitative estimate of drug-likeness (QED) is 0.162. The average molecular weight is 703 g/mol. The van der Waals surface area contributed by atoms with E-state index >= 15 is 0 Å². The summed E-state index contributed by atoms with van der Waals surface area (Å²) < 4.78 is 0. The van der Waals surface area contributed by atoms with Crippen molar-refractivity contribution in [2.75, 3.05) is 0 Å². The van der Waals surface area contributed by atoms with Gasteiger partial charge in [-0.2, -0.15) is 0 Å². The van der Waals surface area contributed by atoms with Crippen LogP contribution in [0, 0.1) is 0 Å². The van der Waals surface area contributed by atoms with Crippen molar-refractivity contribution in [2.45, 2.75) is 53.4 Å². The van der Waals surface area contributed by atoms with Gasteiger partial charge in [0.2, 0.25) is 0 Å². The molecule has 3 heteroatoms. The van der Waals surface area contributed by atoms with Crippen LogP contribution in [-0.4, -0.2) is 15.3 Å². The van der Waals surface area contributed by atoms with Gasteiger partial charge in [-0.3, -0.25) is 0 Å². The van der Waals surface area contributed by atoms with Gasteiger partial charge < -0.3 is 15.3 Å². The Balaban J connectivity index is 0.000000189. The van der Waals surface area contributed by atoms with Crippen molar-refractivity contribution in [3.63, 3.8) is 0 Å². The predicted molar refractivity (Wildman–Crippen MR) is 226 cm³/mol. The minimum absolute atomic E-state index is 0.322. The summed E-state index contributed by atoms with van der Waals surface area (Å²) in [7, 11) is 0. The molecule has 0 heterocycles. The first-order valence-corrected chi connectivity index (χ1v) is 18.4. The molecule has 7 aromatic carbocycles. The SMILES string of the molecule is CCc1ccc(-c2ccc(CC)cc2)cc1.CCc1ccc(-c2ccc(CC)cc2)cc1.Oc1ccccc1.Oc1ccccc1.Oc1ccccc1. The van der Waals surface area contributed by atoms with Gasteiger partial charge in [-0.05, 0) is 107 Å². The summed E-state index contributed by atoms with van der Waals surface area (Å²) in [6, 6.07) is 61.5. The standard InChI is InChI=1S/2C16H18.3C6H6O/c2*1-3-13-5-9-15(10-6-13)16-11-7-14(4-2)8-12-16;3*7-6-4-2-1-3-5-6/h2*5-12H,3-4H2,1-2H3;3*1-5,7H. The molecule has 7 aromatic rings. The lowest BCUT2D eigenvalue weighted by atomic mass is 10.0. The summed E-state index contributed by atoms with van der Waals surface area (Å²) in [5, 5.41) is 25.9. The van der Waals surface area contributed by atoms with Crippen LogP contribution in [0.25, 0.3) is 22.3 Å². The van der Waals surface area contributed by atoms with Gasteiger partial charge in [-0.1, -0.05) is 179 Å². The Kier molecular flexibility index (Phi) is 18.9. The molecule has 0 amide bonds. The molecule has 0 fully saturated rings. The molecule has 0 aliphatic carbocycles. The lowest BCUT2D eigenvalue weighted by Crippen LogP contribution is -1.83. The van der Waals surface area contributed by atoms with E-state index in [1.54, 1.807) is 72.8 Å². The number of benzene rings is 7. The zero-order valence-electron chi connectivity index (χ0n) is 31.6. The van der Waals surface area contributed by atoms with Crippen molar-refractivity contribution in [1.82, 2.24) is 0 Å². The van der Waals surface area contributed by atoms with Crippen molar-refractivity contribution in [2.24, 2.45) is 0 Å². The maximum atomic E-state index is 8.63. The molecule has 53 heavy (non-hydrogen) atoms. The molecule has 0 aliphatic heterocycles. The number of hydrogen-bond acceptors (Lipinski definition) is 3. The van der Waals surface area contributed by atoms with Gasteiger partial charge in [-0.25, -0.2) is 0 Å². The largest absolute Gasteiger partial charge is 0.508 e. The molecule has 0 bridgehead atoms. The molecule has 272 valence electrons. The Bertz CT molecular complexity index is 1650. The van der Waals surface area contributed by atoms with Crippen molar-refractivity contribution in [3.05, 3.63) is 210 Å². The highest BCUT2D eigenvalue weighted by Crippen LogP contribution is 2.22. The maximum Gasteiger partial charge on any atom is 0.115 e. The molecule has 0 radical (unpaired) electrons. The summed E-state index contributed by atoms with van der Waals surface area (Å²) in [5.74, 6) is 0.965. The molecule has 0 saturated heterocycles. The van der Waals surface area contributed by atoms with Gasteiger partial charge in [0, 0.05) is 0 Å². The fourth-order valence-electron chi connectivity index (χ4n) is 5.02. The van der Waals surface area contributed by atoms with Gasteiger partial charge >= 0.3 is 0 Å². The van der Waals surface area contributed by atoms with Gasteiger partial charge in [0.1, 0.15) is 17.2 Å². The van der Waals surface area contributed by atoms with Crippen molar-refractivity contribution >= 4 is 0 Å². The van der Waals surface area contributed by atoms with E-state index in [4.69, 9.17) is 15.3 Å². The van der Waals surface area contributed by atoms with E-state index in [2.05, 4.69) is 125 Å². The van der Waals surface area contributed by atoms with Crippen LogP contribution >= 0.6 is 0 Å². The second kappa shape index (κ2) is 24.2. The minimum Gasteiger partial charge on any atom is -0.508 e. The third-order valence-electron chi connectivity index (χ3n) is 8.38. The molecular formula is C50H54O3. The van der Waals surface area contributed by atoms with Gasteiger partial charge in [-0.15, -0.1) is 0 Å². The molecule has 0 atom stereocenters. The van der Waals surface area contributed by atoms with Crippen LogP contribution in [-0.2, 0) is 25.7 Å². The normalized spacial score (nSPS) is 9.66. The predicted octanol–water partition coefficient (Wildman–Crippen LogP) is 13.1. The third kappa shape index (κ3) is 16.2. The summed E-state index contributed by atoms with van der Waals surface area (Å²) in [4.78, 5) is 0. The summed E-state index contributed by atoms with van der Waals surface area (Å²) in [6.07, 6.45) is 4.42. The lowest BCUT2D eigenvalue weighted by Gasteiger charge is -2.04. The van der Waals surface area contributed by atoms with E-state index in [0.29, 0.717) is 17.2 Å². The van der Waals surface area contributed by atoms with E-state index in [9.17, 15) is 0 Å². The second-order valence-electron chi connectivity index (χ2n) is 12.2. The van der Waals surface area contributed by atoms with Crippen molar-refractivity contribution in [3.8, 4) is 39.5 Å². The summed E-state index contributed by atoms with van der Waals surface area (Å²) in [5.41, 5.74) is 10.8. The number of aryl methyl sites for hydroxylation is 4. The maximum absolute atomic E-state index is 8.63. The molecule has 0 saturated carbocycles. The van der Waals surface area contributed by atoms with Crippen LogP contribution in [0.3, 0.4) is 0 Å². The smallest absolute Gasteiger partial charge is 0.115 e. The van der Waals surface area contributed by atoms with Gasteiger partial charge in [0.25, 0.3) is 0 Å². The van der Waals surface area contributed by atoms with Crippen LogP contribution in [0.4, 0.5) is 0 Å². The number of hydrogen-bond donors (Lipinski definition) is 3. The first kappa shape index (κ1) is 41.4. The molecular weight excluding hydrogens is 649 g/mol. The zero-order chi connectivity index (χ0) is 38.1. The van der Waals surface area contributed by atoms with E-state index < -0.39 is 0 Å². The van der Waals surface area contributed by atoms with Crippen LogP contribution < -0.4 is 0 Å². The van der Waals surface area contributed by atoms with Crippen LogP contribution in [0.1, 0.15) is 49.9 Å². The molecule has 0 aliphatic rings. The van der Waals surface area contributed by atoms with Gasteiger partial charge in [0.05, 0.1) is 0 Å². The monoisotopic (exact) mass is 702 g/mol. The Morgan fingerprint density at radius 2 is 0.415 bits per heavy atom. The van der Waals surface area contributed by atoms with Crippen LogP contribution in [0.2, 0.25) is 0 Å². The van der Waals surface area contributed by atoms with Gasteiger partial charge in [0.15, 0.2) is 0 Å². The van der Waals surface area contributed by atoms with E-state index in [0.717, 1.165) is 25.7 Å². The molecule has 0 unspecified atom stereocenters.